The van der Waals surface area contributed by atoms with E-state index in [0.717, 1.165) is 28.0 Å². The Labute approximate surface area is 149 Å². The molecule has 0 radical (unpaired) electrons. The fourth-order valence-electron chi connectivity index (χ4n) is 2.43. The van der Waals surface area contributed by atoms with Gasteiger partial charge in [-0.05, 0) is 41.8 Å². The van der Waals surface area contributed by atoms with E-state index in [1.54, 1.807) is 25.6 Å². The molecule has 0 aliphatic carbocycles. The number of nitrogens with one attached hydrogen (secondary N) is 1. The highest BCUT2D eigenvalue weighted by atomic mass is 35.5. The largest absolute Gasteiger partial charge is 0.493 e. The Bertz CT molecular complexity index is 866. The molecule has 5 nitrogen and oxygen atoms in total. The summed E-state index contributed by atoms with van der Waals surface area (Å²) in [5.41, 5.74) is 1.06. The van der Waals surface area contributed by atoms with Crippen LogP contribution in [0.15, 0.2) is 24.3 Å². The minimum atomic E-state index is 0.252. The summed E-state index contributed by atoms with van der Waals surface area (Å²) in [7, 11) is 3.25. The molecule has 2 heterocycles. The zero-order valence-electron chi connectivity index (χ0n) is 13.7. The first-order chi connectivity index (χ1) is 11.6. The van der Waals surface area contributed by atoms with Crippen LogP contribution in [0, 0.1) is 0 Å². The predicted octanol–water partition coefficient (Wildman–Crippen LogP) is 4.54. The Kier molecular flexibility index (Phi) is 5.06. The van der Waals surface area contributed by atoms with Crippen LogP contribution in [0.2, 0.25) is 5.28 Å². The average molecular weight is 364 g/mol. The Morgan fingerprint density at radius 3 is 2.62 bits per heavy atom. The molecule has 0 saturated carbocycles. The molecule has 2 aromatic heterocycles. The fraction of sp³-hybridized carbons (Fsp3) is 0.294. The molecule has 0 unspecified atom stereocenters. The van der Waals surface area contributed by atoms with E-state index in [-0.39, 0.29) is 5.28 Å². The number of thiophene rings is 1. The smallest absolute Gasteiger partial charge is 0.225 e. The van der Waals surface area contributed by atoms with E-state index >= 15 is 0 Å². The number of hydrogen-bond donors (Lipinski definition) is 1. The maximum absolute atomic E-state index is 6.05. The molecule has 0 fully saturated rings. The zero-order chi connectivity index (χ0) is 17.1. The van der Waals surface area contributed by atoms with E-state index in [1.165, 1.54) is 4.88 Å². The van der Waals surface area contributed by atoms with Crippen molar-refractivity contribution < 1.29 is 9.47 Å². The van der Waals surface area contributed by atoms with Crippen molar-refractivity contribution in [2.75, 3.05) is 19.5 Å². The number of halogens is 1. The number of nitrogens with zero attached hydrogens (tertiary/aromatic N) is 2. The van der Waals surface area contributed by atoms with E-state index in [0.29, 0.717) is 18.0 Å². The summed E-state index contributed by atoms with van der Waals surface area (Å²) in [6, 6.07) is 7.93. The molecule has 1 N–H and O–H groups in total. The number of aryl methyl sites for hydroxylation is 1. The van der Waals surface area contributed by atoms with Gasteiger partial charge in [-0.25, -0.2) is 9.97 Å². The fourth-order valence-corrected chi connectivity index (χ4v) is 3.62. The molecule has 0 aliphatic rings. The van der Waals surface area contributed by atoms with Crippen LogP contribution in [0.25, 0.3) is 10.2 Å². The minimum Gasteiger partial charge on any atom is -0.493 e. The molecule has 0 bridgehead atoms. The van der Waals surface area contributed by atoms with Gasteiger partial charge in [-0.1, -0.05) is 13.0 Å². The van der Waals surface area contributed by atoms with Gasteiger partial charge in [0.15, 0.2) is 11.5 Å². The van der Waals surface area contributed by atoms with Crippen molar-refractivity contribution in [1.29, 1.82) is 0 Å². The van der Waals surface area contributed by atoms with Crippen molar-refractivity contribution in [3.63, 3.8) is 0 Å². The number of rotatable bonds is 6. The van der Waals surface area contributed by atoms with E-state index in [9.17, 15) is 0 Å². The molecule has 0 saturated heterocycles. The van der Waals surface area contributed by atoms with Gasteiger partial charge < -0.3 is 14.8 Å². The van der Waals surface area contributed by atoms with Crippen LogP contribution in [0.5, 0.6) is 11.5 Å². The van der Waals surface area contributed by atoms with Crippen molar-refractivity contribution in [1.82, 2.24) is 9.97 Å². The van der Waals surface area contributed by atoms with Crippen molar-refractivity contribution in [3.05, 3.63) is 40.0 Å². The van der Waals surface area contributed by atoms with Crippen LogP contribution >= 0.6 is 22.9 Å². The first kappa shape index (κ1) is 16.8. The highest BCUT2D eigenvalue weighted by Gasteiger charge is 2.11. The lowest BCUT2D eigenvalue weighted by molar-refractivity contribution is 0.354. The number of anilines is 1. The lowest BCUT2D eigenvalue weighted by Crippen LogP contribution is -2.03. The molecule has 0 atom stereocenters. The maximum atomic E-state index is 6.05. The number of benzene rings is 1. The standard InChI is InChI=1S/C17H18ClN3O2S/c1-4-11-8-12-15(20-17(18)21-16(12)24-11)19-9-10-5-6-13(22-2)14(7-10)23-3/h5-8H,4,9H2,1-3H3,(H,19,20,21). The van der Waals surface area contributed by atoms with Crippen LogP contribution in [-0.2, 0) is 13.0 Å². The first-order valence-electron chi connectivity index (χ1n) is 7.55. The van der Waals surface area contributed by atoms with Gasteiger partial charge in [0, 0.05) is 11.4 Å². The molecule has 7 heteroatoms. The summed E-state index contributed by atoms with van der Waals surface area (Å²) in [6.07, 6.45) is 0.966. The van der Waals surface area contributed by atoms with E-state index < -0.39 is 0 Å². The summed E-state index contributed by atoms with van der Waals surface area (Å²) in [5.74, 6) is 2.15. The highest BCUT2D eigenvalue weighted by Crippen LogP contribution is 2.31. The van der Waals surface area contributed by atoms with Crippen molar-refractivity contribution >= 4 is 39.0 Å². The van der Waals surface area contributed by atoms with E-state index in [4.69, 9.17) is 21.1 Å². The Morgan fingerprint density at radius 1 is 1.12 bits per heavy atom. The average Bonchev–Trinajstić information content (AvgIpc) is 3.02. The van der Waals surface area contributed by atoms with E-state index in [1.807, 2.05) is 18.2 Å². The second-order valence-corrected chi connectivity index (χ2v) is 6.62. The molecular formula is C17H18ClN3O2S. The van der Waals surface area contributed by atoms with Crippen LogP contribution in [-0.4, -0.2) is 24.2 Å². The van der Waals surface area contributed by atoms with Gasteiger partial charge in [0.25, 0.3) is 0 Å². The number of ether oxygens (including phenoxy) is 2. The summed E-state index contributed by atoms with van der Waals surface area (Å²) in [5, 5.41) is 4.60. The number of hydrogen-bond acceptors (Lipinski definition) is 6. The number of methoxy groups -OCH3 is 2. The summed E-state index contributed by atoms with van der Waals surface area (Å²) in [6.45, 7) is 2.72. The van der Waals surface area contributed by atoms with Crippen molar-refractivity contribution in [2.45, 2.75) is 19.9 Å². The Balaban J connectivity index is 1.86. The van der Waals surface area contributed by atoms with Crippen LogP contribution < -0.4 is 14.8 Å². The lowest BCUT2D eigenvalue weighted by atomic mass is 10.2. The molecule has 3 rings (SSSR count). The Morgan fingerprint density at radius 2 is 1.92 bits per heavy atom. The summed E-state index contributed by atoms with van der Waals surface area (Å²) < 4.78 is 10.6. The molecule has 0 aliphatic heterocycles. The molecule has 1 aromatic carbocycles. The zero-order valence-corrected chi connectivity index (χ0v) is 15.3. The second kappa shape index (κ2) is 7.23. The predicted molar refractivity (Wildman–Crippen MR) is 98.7 cm³/mol. The first-order valence-corrected chi connectivity index (χ1v) is 8.74. The van der Waals surface area contributed by atoms with Gasteiger partial charge in [0.2, 0.25) is 5.28 Å². The van der Waals surface area contributed by atoms with Gasteiger partial charge in [0.1, 0.15) is 10.6 Å². The number of aromatic nitrogens is 2. The van der Waals surface area contributed by atoms with Gasteiger partial charge >= 0.3 is 0 Å². The quantitative estimate of drug-likeness (QED) is 0.652. The van der Waals surface area contributed by atoms with Crippen molar-refractivity contribution in [2.24, 2.45) is 0 Å². The minimum absolute atomic E-state index is 0.252. The SMILES string of the molecule is CCc1cc2c(NCc3ccc(OC)c(OC)c3)nc(Cl)nc2s1. The van der Waals surface area contributed by atoms with Crippen LogP contribution in [0.3, 0.4) is 0 Å². The van der Waals surface area contributed by atoms with Crippen molar-refractivity contribution in [3.8, 4) is 11.5 Å². The summed E-state index contributed by atoms with van der Waals surface area (Å²) >= 11 is 7.70. The molecule has 24 heavy (non-hydrogen) atoms. The monoisotopic (exact) mass is 363 g/mol. The maximum Gasteiger partial charge on any atom is 0.225 e. The third kappa shape index (κ3) is 3.39. The van der Waals surface area contributed by atoms with Crippen LogP contribution in [0.4, 0.5) is 5.82 Å². The lowest BCUT2D eigenvalue weighted by Gasteiger charge is -2.11. The topological polar surface area (TPSA) is 56.3 Å². The number of fused-ring (bicyclic) bond motifs is 1. The normalized spacial score (nSPS) is 10.8. The van der Waals surface area contributed by atoms with E-state index in [2.05, 4.69) is 28.3 Å². The molecule has 0 spiro atoms. The van der Waals surface area contributed by atoms with Crippen LogP contribution in [0.1, 0.15) is 17.4 Å². The Hall–Kier alpha value is -2.05. The summed E-state index contributed by atoms with van der Waals surface area (Å²) in [4.78, 5) is 10.8. The third-order valence-corrected chi connectivity index (χ3v) is 5.02. The molecule has 0 amide bonds. The van der Waals surface area contributed by atoms with Gasteiger partial charge in [-0.15, -0.1) is 11.3 Å². The molecular weight excluding hydrogens is 346 g/mol. The highest BCUT2D eigenvalue weighted by molar-refractivity contribution is 7.18. The molecule has 3 aromatic rings. The van der Waals surface area contributed by atoms with Gasteiger partial charge in [-0.2, -0.15) is 0 Å². The van der Waals surface area contributed by atoms with Gasteiger partial charge in [-0.3, -0.25) is 0 Å². The molecule has 126 valence electrons. The second-order valence-electron chi connectivity index (χ2n) is 5.17. The third-order valence-electron chi connectivity index (χ3n) is 3.67. The van der Waals surface area contributed by atoms with Gasteiger partial charge in [0.05, 0.1) is 19.6 Å².